The second kappa shape index (κ2) is 25.1. The number of rotatable bonds is 28. The predicted molar refractivity (Wildman–Crippen MR) is 164 cm³/mol. The van der Waals surface area contributed by atoms with Crippen LogP contribution < -0.4 is 14.2 Å². The summed E-state index contributed by atoms with van der Waals surface area (Å²) in [5, 5.41) is 9.73. The van der Waals surface area contributed by atoms with Gasteiger partial charge in [-0.15, -0.1) is 0 Å². The van der Waals surface area contributed by atoms with E-state index in [1.165, 1.54) is 96.3 Å². The van der Waals surface area contributed by atoms with Crippen molar-refractivity contribution in [3.63, 3.8) is 0 Å². The number of carboxylic acids is 1. The van der Waals surface area contributed by atoms with Gasteiger partial charge >= 0.3 is 5.97 Å². The fraction of sp³-hybridized carbons (Fsp3) is 0.794. The maximum Gasteiger partial charge on any atom is 0.335 e. The smallest absolute Gasteiger partial charge is 0.335 e. The predicted octanol–water partition coefficient (Wildman–Crippen LogP) is 10.8. The average molecular weight is 549 g/mol. The van der Waals surface area contributed by atoms with E-state index in [0.29, 0.717) is 37.1 Å². The van der Waals surface area contributed by atoms with Gasteiger partial charge in [0.2, 0.25) is 5.75 Å². The van der Waals surface area contributed by atoms with Crippen molar-refractivity contribution in [1.29, 1.82) is 0 Å². The van der Waals surface area contributed by atoms with Gasteiger partial charge < -0.3 is 19.3 Å². The van der Waals surface area contributed by atoms with Gasteiger partial charge in [-0.2, -0.15) is 0 Å². The largest absolute Gasteiger partial charge is 0.490 e. The maximum absolute atomic E-state index is 11.9. The van der Waals surface area contributed by atoms with E-state index in [4.69, 9.17) is 14.2 Å². The van der Waals surface area contributed by atoms with Crippen LogP contribution in [0.3, 0.4) is 0 Å². The minimum absolute atomic E-state index is 0.183. The Hall–Kier alpha value is -1.91. The average Bonchev–Trinajstić information content (AvgIpc) is 2.93. The van der Waals surface area contributed by atoms with E-state index in [9.17, 15) is 9.90 Å². The molecular weight excluding hydrogens is 488 g/mol. The standard InChI is InChI=1S/C34H60O5/c1-4-7-10-13-16-19-22-25-37-31-28-30(34(35)36)29-32(38-26-23-20-17-14-11-8-5-2)33(31)39-27-24-21-18-15-12-9-6-3/h28-29H,4-27H2,1-3H3,(H,35,36). The zero-order valence-electron chi connectivity index (χ0n) is 25.7. The van der Waals surface area contributed by atoms with Crippen molar-refractivity contribution in [1.82, 2.24) is 0 Å². The first-order valence-electron chi connectivity index (χ1n) is 16.4. The second-order valence-corrected chi connectivity index (χ2v) is 11.0. The van der Waals surface area contributed by atoms with Crippen LogP contribution in [0.4, 0.5) is 0 Å². The Balaban J connectivity index is 2.73. The zero-order chi connectivity index (χ0) is 28.4. The number of ether oxygens (including phenoxy) is 3. The number of hydrogen-bond acceptors (Lipinski definition) is 4. The van der Waals surface area contributed by atoms with E-state index in [1.807, 2.05) is 0 Å². The van der Waals surface area contributed by atoms with Gasteiger partial charge in [0.25, 0.3) is 0 Å². The van der Waals surface area contributed by atoms with Crippen LogP contribution >= 0.6 is 0 Å². The van der Waals surface area contributed by atoms with Crippen molar-refractivity contribution in [2.75, 3.05) is 19.8 Å². The lowest BCUT2D eigenvalue weighted by molar-refractivity contribution is 0.0695. The normalized spacial score (nSPS) is 11.1. The third-order valence-electron chi connectivity index (χ3n) is 7.27. The highest BCUT2D eigenvalue weighted by molar-refractivity contribution is 5.89. The van der Waals surface area contributed by atoms with Crippen LogP contribution in [0, 0.1) is 0 Å². The Morgan fingerprint density at radius 3 is 1.15 bits per heavy atom. The van der Waals surface area contributed by atoms with Gasteiger partial charge in [-0.25, -0.2) is 4.79 Å². The summed E-state index contributed by atoms with van der Waals surface area (Å²) in [6, 6.07) is 3.20. The molecule has 0 heterocycles. The van der Waals surface area contributed by atoms with E-state index in [-0.39, 0.29) is 5.56 Å². The fourth-order valence-electron chi connectivity index (χ4n) is 4.77. The van der Waals surface area contributed by atoms with E-state index >= 15 is 0 Å². The fourth-order valence-corrected chi connectivity index (χ4v) is 4.77. The van der Waals surface area contributed by atoms with Gasteiger partial charge in [-0.05, 0) is 31.4 Å². The van der Waals surface area contributed by atoms with Crippen molar-refractivity contribution >= 4 is 5.97 Å². The van der Waals surface area contributed by atoms with Crippen LogP contribution in [0.15, 0.2) is 12.1 Å². The molecule has 0 amide bonds. The lowest BCUT2D eigenvalue weighted by Crippen LogP contribution is -2.08. The molecule has 1 N–H and O–H groups in total. The number of aromatic carboxylic acids is 1. The van der Waals surface area contributed by atoms with Crippen molar-refractivity contribution in [3.05, 3.63) is 17.7 Å². The SMILES string of the molecule is CCCCCCCCCOc1cc(C(=O)O)cc(OCCCCCCCCC)c1OCCCCCCCCC. The number of carboxylic acid groups (broad SMARTS) is 1. The molecule has 0 bridgehead atoms. The molecule has 0 aliphatic heterocycles. The van der Waals surface area contributed by atoms with E-state index < -0.39 is 5.97 Å². The molecule has 0 radical (unpaired) electrons. The molecule has 0 fully saturated rings. The first kappa shape index (κ1) is 35.1. The Morgan fingerprint density at radius 2 is 0.821 bits per heavy atom. The van der Waals surface area contributed by atoms with Crippen molar-refractivity contribution in [3.8, 4) is 17.2 Å². The van der Waals surface area contributed by atoms with Crippen molar-refractivity contribution in [2.24, 2.45) is 0 Å². The highest BCUT2D eigenvalue weighted by Gasteiger charge is 2.18. The summed E-state index contributed by atoms with van der Waals surface area (Å²) in [6.07, 6.45) is 25.3. The molecule has 0 aromatic heterocycles. The van der Waals surface area contributed by atoms with Gasteiger partial charge in [0.15, 0.2) is 11.5 Å². The van der Waals surface area contributed by atoms with Gasteiger partial charge in [0.1, 0.15) is 0 Å². The molecule has 0 saturated carbocycles. The number of hydrogen-bond donors (Lipinski definition) is 1. The van der Waals surface area contributed by atoms with E-state index in [0.717, 1.165) is 38.5 Å². The Kier molecular flexibility index (Phi) is 22.6. The molecular formula is C34H60O5. The summed E-state index contributed by atoms with van der Waals surface area (Å²) in [4.78, 5) is 11.9. The van der Waals surface area contributed by atoms with Crippen LogP contribution in [0.25, 0.3) is 0 Å². The molecule has 1 rings (SSSR count). The number of benzene rings is 1. The lowest BCUT2D eigenvalue weighted by Gasteiger charge is -2.18. The molecule has 5 heteroatoms. The first-order valence-corrected chi connectivity index (χ1v) is 16.4. The number of carbonyl (C=O) groups is 1. The molecule has 1 aromatic rings. The molecule has 39 heavy (non-hydrogen) atoms. The minimum Gasteiger partial charge on any atom is -0.490 e. The first-order chi connectivity index (χ1) is 19.1. The third-order valence-corrected chi connectivity index (χ3v) is 7.27. The lowest BCUT2D eigenvalue weighted by atomic mass is 10.1. The van der Waals surface area contributed by atoms with Crippen molar-refractivity contribution < 1.29 is 24.1 Å². The quantitative estimate of drug-likeness (QED) is 0.105. The zero-order valence-corrected chi connectivity index (χ0v) is 25.7. The molecule has 0 aliphatic rings. The number of unbranched alkanes of at least 4 members (excludes halogenated alkanes) is 18. The maximum atomic E-state index is 11.9. The van der Waals surface area contributed by atoms with Crippen LogP contribution in [-0.2, 0) is 0 Å². The molecule has 0 unspecified atom stereocenters. The second-order valence-electron chi connectivity index (χ2n) is 11.0. The summed E-state index contributed by atoms with van der Waals surface area (Å²) in [7, 11) is 0. The Labute approximate surface area is 240 Å². The summed E-state index contributed by atoms with van der Waals surface area (Å²) >= 11 is 0. The van der Waals surface area contributed by atoms with Gasteiger partial charge in [0.05, 0.1) is 25.4 Å². The van der Waals surface area contributed by atoms with E-state index in [2.05, 4.69) is 20.8 Å². The van der Waals surface area contributed by atoms with Gasteiger partial charge in [-0.3, -0.25) is 0 Å². The molecule has 5 nitrogen and oxygen atoms in total. The highest BCUT2D eigenvalue weighted by atomic mass is 16.5. The summed E-state index contributed by atoms with van der Waals surface area (Å²) in [5.74, 6) is 0.587. The van der Waals surface area contributed by atoms with Crippen molar-refractivity contribution in [2.45, 2.75) is 156 Å². The summed E-state index contributed by atoms with van der Waals surface area (Å²) < 4.78 is 18.5. The highest BCUT2D eigenvalue weighted by Crippen LogP contribution is 2.39. The minimum atomic E-state index is -0.977. The summed E-state index contributed by atoms with van der Waals surface area (Å²) in [6.45, 7) is 8.41. The van der Waals surface area contributed by atoms with E-state index in [1.54, 1.807) is 12.1 Å². The Bertz CT molecular complexity index is 677. The van der Waals surface area contributed by atoms with Crippen LogP contribution in [0.2, 0.25) is 0 Å². The van der Waals surface area contributed by atoms with Gasteiger partial charge in [0, 0.05) is 0 Å². The van der Waals surface area contributed by atoms with Gasteiger partial charge in [-0.1, -0.05) is 136 Å². The molecule has 1 aromatic carbocycles. The Morgan fingerprint density at radius 1 is 0.513 bits per heavy atom. The molecule has 226 valence electrons. The van der Waals surface area contributed by atoms with Crippen LogP contribution in [-0.4, -0.2) is 30.9 Å². The third kappa shape index (κ3) is 18.1. The molecule has 0 spiro atoms. The molecule has 0 atom stereocenters. The topological polar surface area (TPSA) is 65.0 Å². The molecule has 0 aliphatic carbocycles. The monoisotopic (exact) mass is 548 g/mol. The summed E-state index contributed by atoms with van der Waals surface area (Å²) in [5.41, 5.74) is 0.183. The van der Waals surface area contributed by atoms with Crippen LogP contribution in [0.5, 0.6) is 17.2 Å². The molecule has 0 saturated heterocycles. The van der Waals surface area contributed by atoms with Crippen LogP contribution in [0.1, 0.15) is 166 Å².